The van der Waals surface area contributed by atoms with E-state index >= 15 is 0 Å². The van der Waals surface area contributed by atoms with Crippen molar-refractivity contribution in [3.8, 4) is 5.69 Å². The number of guanidine groups is 1. The van der Waals surface area contributed by atoms with Gasteiger partial charge in [-0.25, -0.2) is 9.67 Å². The van der Waals surface area contributed by atoms with E-state index in [-0.39, 0.29) is 24.0 Å². The first-order chi connectivity index (χ1) is 13.2. The van der Waals surface area contributed by atoms with Crippen LogP contribution in [0.2, 0.25) is 0 Å². The Labute approximate surface area is 186 Å². The SMILES string of the molecule is CCNC(=NCc1c(C)nn(-c2ccccc2)c1C)NCCCCOCC.I. The molecule has 0 aliphatic heterocycles. The number of ether oxygens (including phenoxy) is 1. The van der Waals surface area contributed by atoms with Crippen LogP contribution in [0.4, 0.5) is 0 Å². The van der Waals surface area contributed by atoms with Crippen LogP contribution in [0.25, 0.3) is 5.69 Å². The van der Waals surface area contributed by atoms with Crippen molar-refractivity contribution >= 4 is 29.9 Å². The Bertz CT molecular complexity index is 715. The van der Waals surface area contributed by atoms with Crippen molar-refractivity contribution in [2.75, 3.05) is 26.3 Å². The van der Waals surface area contributed by atoms with Crippen LogP contribution < -0.4 is 10.6 Å². The van der Waals surface area contributed by atoms with Crippen LogP contribution in [0.1, 0.15) is 43.6 Å². The number of aliphatic imine (C=N–C) groups is 1. The molecule has 0 saturated heterocycles. The Kier molecular flexibility index (Phi) is 11.8. The van der Waals surface area contributed by atoms with Crippen molar-refractivity contribution in [2.45, 2.75) is 47.1 Å². The Balaban J connectivity index is 0.00000392. The molecule has 28 heavy (non-hydrogen) atoms. The fourth-order valence-electron chi connectivity index (χ4n) is 2.90. The van der Waals surface area contributed by atoms with Crippen molar-refractivity contribution in [1.82, 2.24) is 20.4 Å². The van der Waals surface area contributed by atoms with Gasteiger partial charge in [-0.15, -0.1) is 24.0 Å². The highest BCUT2D eigenvalue weighted by Crippen LogP contribution is 2.18. The number of nitrogens with one attached hydrogen (secondary N) is 2. The number of halogens is 1. The average molecular weight is 499 g/mol. The smallest absolute Gasteiger partial charge is 0.191 e. The maximum absolute atomic E-state index is 5.38. The van der Waals surface area contributed by atoms with E-state index < -0.39 is 0 Å². The average Bonchev–Trinajstić information content (AvgIpc) is 2.97. The summed E-state index contributed by atoms with van der Waals surface area (Å²) in [6.07, 6.45) is 2.12. The maximum atomic E-state index is 5.38. The number of rotatable bonds is 10. The molecule has 0 unspecified atom stereocenters. The van der Waals surface area contributed by atoms with Crippen molar-refractivity contribution in [1.29, 1.82) is 0 Å². The van der Waals surface area contributed by atoms with Gasteiger partial charge in [-0.05, 0) is 52.7 Å². The second-order valence-corrected chi connectivity index (χ2v) is 6.42. The first-order valence-electron chi connectivity index (χ1n) is 9.87. The van der Waals surface area contributed by atoms with Crippen LogP contribution in [-0.2, 0) is 11.3 Å². The highest BCUT2D eigenvalue weighted by Gasteiger charge is 2.12. The largest absolute Gasteiger partial charge is 0.382 e. The van der Waals surface area contributed by atoms with E-state index in [4.69, 9.17) is 14.8 Å². The van der Waals surface area contributed by atoms with Gasteiger partial charge in [-0.1, -0.05) is 18.2 Å². The van der Waals surface area contributed by atoms with Crippen LogP contribution in [0.5, 0.6) is 0 Å². The van der Waals surface area contributed by atoms with Gasteiger partial charge in [0.05, 0.1) is 17.9 Å². The summed E-state index contributed by atoms with van der Waals surface area (Å²) in [5.74, 6) is 0.847. The van der Waals surface area contributed by atoms with Crippen molar-refractivity contribution in [3.05, 3.63) is 47.3 Å². The Morgan fingerprint density at radius 2 is 1.86 bits per heavy atom. The molecule has 2 aromatic rings. The molecule has 0 radical (unpaired) electrons. The van der Waals surface area contributed by atoms with E-state index in [1.165, 1.54) is 5.56 Å². The standard InChI is InChI=1S/C21H33N5O.HI/c1-5-22-21(23-14-10-11-15-27-6-2)24-16-20-17(3)25-26(18(20)4)19-12-8-7-9-13-19;/h7-9,12-13H,5-6,10-11,14-16H2,1-4H3,(H2,22,23,24);1H. The summed E-state index contributed by atoms with van der Waals surface area (Å²) >= 11 is 0. The number of aryl methyl sites for hydroxylation is 1. The number of aromatic nitrogens is 2. The lowest BCUT2D eigenvalue weighted by Gasteiger charge is -2.11. The molecule has 2 rings (SSSR count). The van der Waals surface area contributed by atoms with Crippen LogP contribution in [-0.4, -0.2) is 42.0 Å². The number of hydrogen-bond donors (Lipinski definition) is 2. The van der Waals surface area contributed by atoms with E-state index in [0.717, 1.165) is 62.2 Å². The lowest BCUT2D eigenvalue weighted by atomic mass is 10.2. The lowest BCUT2D eigenvalue weighted by Crippen LogP contribution is -2.37. The molecule has 0 spiro atoms. The quantitative estimate of drug-likeness (QED) is 0.225. The van der Waals surface area contributed by atoms with E-state index in [1.54, 1.807) is 0 Å². The lowest BCUT2D eigenvalue weighted by molar-refractivity contribution is 0.143. The summed E-state index contributed by atoms with van der Waals surface area (Å²) in [6.45, 7) is 12.2. The first kappa shape index (κ1) is 24.4. The summed E-state index contributed by atoms with van der Waals surface area (Å²) in [5, 5.41) is 11.4. The van der Waals surface area contributed by atoms with Gasteiger partial charge in [0, 0.05) is 37.6 Å². The first-order valence-corrected chi connectivity index (χ1v) is 9.87. The molecule has 1 aromatic carbocycles. The van der Waals surface area contributed by atoms with Gasteiger partial charge >= 0.3 is 0 Å². The van der Waals surface area contributed by atoms with Gasteiger partial charge in [0.2, 0.25) is 0 Å². The summed E-state index contributed by atoms with van der Waals surface area (Å²) < 4.78 is 7.37. The van der Waals surface area contributed by atoms with Gasteiger partial charge < -0.3 is 15.4 Å². The third-order valence-electron chi connectivity index (χ3n) is 4.39. The molecule has 0 fully saturated rings. The molecule has 1 heterocycles. The predicted octanol–water partition coefficient (Wildman–Crippen LogP) is 3.98. The minimum Gasteiger partial charge on any atom is -0.382 e. The molecule has 0 aliphatic carbocycles. The Morgan fingerprint density at radius 3 is 2.54 bits per heavy atom. The van der Waals surface area contributed by atoms with Crippen molar-refractivity contribution in [3.63, 3.8) is 0 Å². The third kappa shape index (κ3) is 7.43. The van der Waals surface area contributed by atoms with Crippen molar-refractivity contribution < 1.29 is 4.74 Å². The summed E-state index contributed by atoms with van der Waals surface area (Å²) in [4.78, 5) is 4.76. The van der Waals surface area contributed by atoms with Gasteiger partial charge in [-0.3, -0.25) is 0 Å². The minimum atomic E-state index is 0. The van der Waals surface area contributed by atoms with Crippen molar-refractivity contribution in [2.24, 2.45) is 4.99 Å². The zero-order valence-electron chi connectivity index (χ0n) is 17.5. The molecule has 7 heteroatoms. The highest BCUT2D eigenvalue weighted by molar-refractivity contribution is 14.0. The highest BCUT2D eigenvalue weighted by atomic mass is 127. The molecule has 0 bridgehead atoms. The Morgan fingerprint density at radius 1 is 1.11 bits per heavy atom. The van der Waals surface area contributed by atoms with E-state index in [0.29, 0.717) is 6.54 Å². The zero-order chi connectivity index (χ0) is 19.5. The van der Waals surface area contributed by atoms with Gasteiger partial charge in [0.15, 0.2) is 5.96 Å². The molecule has 2 N–H and O–H groups in total. The second kappa shape index (κ2) is 13.5. The zero-order valence-corrected chi connectivity index (χ0v) is 19.8. The fraction of sp³-hybridized carbons (Fsp3) is 0.524. The van der Waals surface area contributed by atoms with Crippen LogP contribution in [0.3, 0.4) is 0 Å². The molecule has 0 saturated carbocycles. The molecular formula is C21H34IN5O. The minimum absolute atomic E-state index is 0. The summed E-state index contributed by atoms with van der Waals surface area (Å²) in [7, 11) is 0. The monoisotopic (exact) mass is 499 g/mol. The van der Waals surface area contributed by atoms with Crippen LogP contribution in [0, 0.1) is 13.8 Å². The topological polar surface area (TPSA) is 63.5 Å². The molecular weight excluding hydrogens is 465 g/mol. The number of para-hydroxylation sites is 1. The normalized spacial score (nSPS) is 11.2. The Hall–Kier alpha value is -1.61. The van der Waals surface area contributed by atoms with E-state index in [9.17, 15) is 0 Å². The number of unbranched alkanes of at least 4 members (excludes halogenated alkanes) is 1. The fourth-order valence-corrected chi connectivity index (χ4v) is 2.90. The summed E-state index contributed by atoms with van der Waals surface area (Å²) in [6, 6.07) is 10.2. The van der Waals surface area contributed by atoms with Gasteiger partial charge in [-0.2, -0.15) is 5.10 Å². The summed E-state index contributed by atoms with van der Waals surface area (Å²) in [5.41, 5.74) is 4.41. The third-order valence-corrected chi connectivity index (χ3v) is 4.39. The number of benzene rings is 1. The molecule has 0 atom stereocenters. The molecule has 1 aromatic heterocycles. The van der Waals surface area contributed by atoms with E-state index in [2.05, 4.69) is 36.6 Å². The van der Waals surface area contributed by atoms with E-state index in [1.807, 2.05) is 36.7 Å². The van der Waals surface area contributed by atoms with Gasteiger partial charge in [0.25, 0.3) is 0 Å². The number of nitrogens with zero attached hydrogens (tertiary/aromatic N) is 3. The van der Waals surface area contributed by atoms with Crippen LogP contribution in [0.15, 0.2) is 35.3 Å². The number of hydrogen-bond acceptors (Lipinski definition) is 3. The molecule has 6 nitrogen and oxygen atoms in total. The predicted molar refractivity (Wildman–Crippen MR) is 127 cm³/mol. The second-order valence-electron chi connectivity index (χ2n) is 6.42. The molecule has 0 aliphatic rings. The van der Waals surface area contributed by atoms with Crippen LogP contribution >= 0.6 is 24.0 Å². The van der Waals surface area contributed by atoms with Gasteiger partial charge in [0.1, 0.15) is 0 Å². The molecule has 0 amide bonds. The molecule has 156 valence electrons. The maximum Gasteiger partial charge on any atom is 0.191 e.